The second-order valence-corrected chi connectivity index (χ2v) is 2.37. The Balaban J connectivity index is 0.000000364. The maximum absolute atomic E-state index is 10.3. The minimum Gasteiger partial charge on any atom is -0.478 e. The predicted molar refractivity (Wildman–Crippen MR) is 52.0 cm³/mol. The first kappa shape index (κ1) is 12.4. The molecule has 5 heteroatoms. The molecule has 1 aromatic rings. The molecule has 0 atom stereocenters. The van der Waals surface area contributed by atoms with Crippen LogP contribution in [0.1, 0.15) is 10.4 Å². The van der Waals surface area contributed by atoms with Gasteiger partial charge in [0.2, 0.25) is 0 Å². The number of aromatic carboxylic acids is 1. The van der Waals surface area contributed by atoms with Gasteiger partial charge in [0.15, 0.2) is 0 Å². The first-order valence-electron chi connectivity index (χ1n) is 3.92. The molecule has 0 amide bonds. The monoisotopic (exact) mass is 199 g/mol. The van der Waals surface area contributed by atoms with Crippen molar-refractivity contribution in [2.24, 2.45) is 0 Å². The number of aliphatic hydroxyl groups is 2. The third-order valence-electron chi connectivity index (χ3n) is 1.26. The van der Waals surface area contributed by atoms with E-state index in [0.717, 1.165) is 0 Å². The minimum atomic E-state index is -0.931. The number of carbonyl (C=O) groups is 1. The quantitative estimate of drug-likeness (QED) is 0.499. The molecule has 78 valence electrons. The summed E-state index contributed by atoms with van der Waals surface area (Å²) >= 11 is 0. The molecule has 0 radical (unpaired) electrons. The van der Waals surface area contributed by atoms with Crippen molar-refractivity contribution in [3.63, 3.8) is 0 Å². The molecule has 1 rings (SSSR count). The lowest BCUT2D eigenvalue weighted by Crippen LogP contribution is -1.95. The highest BCUT2D eigenvalue weighted by Crippen LogP contribution is 2.04. The summed E-state index contributed by atoms with van der Waals surface area (Å²) in [5, 5.41) is 23.7. The number of nitrogens with two attached hydrogens (primary N) is 1. The summed E-state index contributed by atoms with van der Waals surface area (Å²) in [4.78, 5) is 10.3. The van der Waals surface area contributed by atoms with Crippen molar-refractivity contribution in [2.75, 3.05) is 18.9 Å². The fourth-order valence-corrected chi connectivity index (χ4v) is 0.626. The van der Waals surface area contributed by atoms with E-state index in [2.05, 4.69) is 0 Å². The van der Waals surface area contributed by atoms with Gasteiger partial charge in [-0.25, -0.2) is 4.79 Å². The maximum atomic E-state index is 10.3. The highest BCUT2D eigenvalue weighted by Gasteiger charge is 1.98. The molecule has 0 unspecified atom stereocenters. The summed E-state index contributed by atoms with van der Waals surface area (Å²) in [6, 6.07) is 6.06. The molecular weight excluding hydrogens is 186 g/mol. The van der Waals surface area contributed by atoms with Gasteiger partial charge in [-0.05, 0) is 24.3 Å². The van der Waals surface area contributed by atoms with E-state index < -0.39 is 5.97 Å². The maximum Gasteiger partial charge on any atom is 0.335 e. The Morgan fingerprint density at radius 1 is 1.14 bits per heavy atom. The molecule has 0 aliphatic heterocycles. The normalized spacial score (nSPS) is 8.71. The molecule has 0 aliphatic rings. The standard InChI is InChI=1S/C7H7NO2.C2H6O2/c8-6-3-1-5(2-4-6)7(9)10;3-1-2-4/h1-4H,8H2,(H,9,10);3-4H,1-2H2. The molecule has 0 saturated carbocycles. The van der Waals surface area contributed by atoms with Crippen LogP contribution in [0.4, 0.5) is 5.69 Å². The fraction of sp³-hybridized carbons (Fsp3) is 0.222. The minimum absolute atomic E-state index is 0.125. The number of anilines is 1. The predicted octanol–water partition coefficient (Wildman–Crippen LogP) is -0.0620. The molecule has 0 fully saturated rings. The molecule has 0 spiro atoms. The van der Waals surface area contributed by atoms with Gasteiger partial charge in [0.1, 0.15) is 0 Å². The van der Waals surface area contributed by atoms with Crippen molar-refractivity contribution in [1.29, 1.82) is 0 Å². The summed E-state index contributed by atoms with van der Waals surface area (Å²) in [5.41, 5.74) is 6.17. The SMILES string of the molecule is Nc1ccc(C(=O)O)cc1.OCCO. The number of carboxylic acid groups (broad SMARTS) is 1. The van der Waals surface area contributed by atoms with Crippen LogP contribution in [0.2, 0.25) is 0 Å². The third kappa shape index (κ3) is 5.13. The van der Waals surface area contributed by atoms with E-state index >= 15 is 0 Å². The van der Waals surface area contributed by atoms with Gasteiger partial charge in [-0.2, -0.15) is 0 Å². The lowest BCUT2D eigenvalue weighted by atomic mass is 10.2. The van der Waals surface area contributed by atoms with Gasteiger partial charge in [-0.3, -0.25) is 0 Å². The zero-order valence-corrected chi connectivity index (χ0v) is 7.55. The van der Waals surface area contributed by atoms with Gasteiger partial charge in [0.05, 0.1) is 18.8 Å². The summed E-state index contributed by atoms with van der Waals surface area (Å²) in [6.45, 7) is -0.250. The highest BCUT2D eigenvalue weighted by atomic mass is 16.4. The Hall–Kier alpha value is -1.59. The van der Waals surface area contributed by atoms with E-state index in [4.69, 9.17) is 21.1 Å². The Labute approximate surface area is 81.4 Å². The van der Waals surface area contributed by atoms with Gasteiger partial charge >= 0.3 is 5.97 Å². The van der Waals surface area contributed by atoms with Crippen molar-refractivity contribution < 1.29 is 20.1 Å². The first-order chi connectivity index (χ1) is 6.61. The number of hydrogen-bond donors (Lipinski definition) is 4. The summed E-state index contributed by atoms with van der Waals surface area (Å²) in [5.74, 6) is -0.931. The third-order valence-corrected chi connectivity index (χ3v) is 1.26. The smallest absolute Gasteiger partial charge is 0.335 e. The van der Waals surface area contributed by atoms with Crippen molar-refractivity contribution >= 4 is 11.7 Å². The van der Waals surface area contributed by atoms with Crippen molar-refractivity contribution in [3.8, 4) is 0 Å². The Kier molecular flexibility index (Phi) is 6.09. The molecule has 0 heterocycles. The van der Waals surface area contributed by atoms with Gasteiger partial charge in [-0.15, -0.1) is 0 Å². The molecule has 14 heavy (non-hydrogen) atoms. The fourth-order valence-electron chi connectivity index (χ4n) is 0.626. The highest BCUT2D eigenvalue weighted by molar-refractivity contribution is 5.87. The Bertz CT molecular complexity index is 269. The van der Waals surface area contributed by atoms with Crippen LogP contribution in [-0.2, 0) is 0 Å². The second-order valence-electron chi connectivity index (χ2n) is 2.37. The lowest BCUT2D eigenvalue weighted by Gasteiger charge is -1.93. The molecule has 5 N–H and O–H groups in total. The van der Waals surface area contributed by atoms with Crippen molar-refractivity contribution in [2.45, 2.75) is 0 Å². The van der Waals surface area contributed by atoms with Crippen LogP contribution in [0, 0.1) is 0 Å². The molecule has 0 aromatic heterocycles. The molecule has 0 saturated heterocycles. The van der Waals surface area contributed by atoms with E-state index in [-0.39, 0.29) is 18.8 Å². The lowest BCUT2D eigenvalue weighted by molar-refractivity contribution is 0.0697. The Morgan fingerprint density at radius 3 is 1.86 bits per heavy atom. The van der Waals surface area contributed by atoms with E-state index in [9.17, 15) is 4.79 Å². The average Bonchev–Trinajstić information content (AvgIpc) is 2.19. The van der Waals surface area contributed by atoms with Crippen LogP contribution in [0.3, 0.4) is 0 Å². The van der Waals surface area contributed by atoms with E-state index in [0.29, 0.717) is 5.69 Å². The van der Waals surface area contributed by atoms with Crippen LogP contribution < -0.4 is 5.73 Å². The largest absolute Gasteiger partial charge is 0.478 e. The van der Waals surface area contributed by atoms with E-state index in [1.165, 1.54) is 12.1 Å². The van der Waals surface area contributed by atoms with Gasteiger partial charge < -0.3 is 21.1 Å². The van der Waals surface area contributed by atoms with Gasteiger partial charge in [0, 0.05) is 5.69 Å². The van der Waals surface area contributed by atoms with Crippen LogP contribution in [-0.4, -0.2) is 34.5 Å². The number of hydrogen-bond acceptors (Lipinski definition) is 4. The Morgan fingerprint density at radius 2 is 1.57 bits per heavy atom. The number of carboxylic acids is 1. The van der Waals surface area contributed by atoms with Gasteiger partial charge in [-0.1, -0.05) is 0 Å². The summed E-state index contributed by atoms with van der Waals surface area (Å²) < 4.78 is 0. The number of nitrogen functional groups attached to an aromatic ring is 1. The molecule has 5 nitrogen and oxygen atoms in total. The average molecular weight is 199 g/mol. The molecular formula is C9H13NO4. The second kappa shape index (κ2) is 6.88. The van der Waals surface area contributed by atoms with Crippen LogP contribution in [0.25, 0.3) is 0 Å². The zero-order chi connectivity index (χ0) is 11.0. The van der Waals surface area contributed by atoms with Crippen molar-refractivity contribution in [1.82, 2.24) is 0 Å². The topological polar surface area (TPSA) is 104 Å². The summed E-state index contributed by atoms with van der Waals surface area (Å²) in [7, 11) is 0. The number of aliphatic hydroxyl groups excluding tert-OH is 2. The number of benzene rings is 1. The molecule has 0 aliphatic carbocycles. The molecule has 1 aromatic carbocycles. The number of rotatable bonds is 2. The van der Waals surface area contributed by atoms with Crippen LogP contribution in [0.5, 0.6) is 0 Å². The van der Waals surface area contributed by atoms with Crippen LogP contribution in [0.15, 0.2) is 24.3 Å². The van der Waals surface area contributed by atoms with E-state index in [1.54, 1.807) is 12.1 Å². The van der Waals surface area contributed by atoms with Crippen molar-refractivity contribution in [3.05, 3.63) is 29.8 Å². The van der Waals surface area contributed by atoms with Gasteiger partial charge in [0.25, 0.3) is 0 Å². The van der Waals surface area contributed by atoms with E-state index in [1.807, 2.05) is 0 Å². The molecule has 0 bridgehead atoms. The zero-order valence-electron chi connectivity index (χ0n) is 7.55. The van der Waals surface area contributed by atoms with Crippen LogP contribution >= 0.6 is 0 Å². The first-order valence-corrected chi connectivity index (χ1v) is 3.92. The summed E-state index contributed by atoms with van der Waals surface area (Å²) in [6.07, 6.45) is 0.